The number of aromatic nitrogens is 5. The smallest absolute Gasteiger partial charge is 0.230 e. The summed E-state index contributed by atoms with van der Waals surface area (Å²) in [5.74, 6) is 5.53. The summed E-state index contributed by atoms with van der Waals surface area (Å²) in [6.45, 7) is 1.32. The van der Waals surface area contributed by atoms with Gasteiger partial charge >= 0.3 is 0 Å². The normalized spacial score (nSPS) is 10.2. The van der Waals surface area contributed by atoms with Crippen molar-refractivity contribution < 1.29 is 0 Å². The maximum absolute atomic E-state index is 5.37. The fraction of sp³-hybridized carbons (Fsp3) is 0.318. The summed E-state index contributed by atoms with van der Waals surface area (Å²) in [5.41, 5.74) is 2.05. The van der Waals surface area contributed by atoms with E-state index in [4.69, 9.17) is 6.42 Å². The summed E-state index contributed by atoms with van der Waals surface area (Å²) >= 11 is 0. The molecule has 0 saturated heterocycles. The first-order valence-corrected chi connectivity index (χ1v) is 10.1. The minimum Gasteiger partial charge on any atom is -0.362 e. The summed E-state index contributed by atoms with van der Waals surface area (Å²) in [6.07, 6.45) is 8.91. The number of terminal acetylenes is 1. The van der Waals surface area contributed by atoms with Crippen LogP contribution in [0.4, 0.5) is 29.5 Å². The Balaban J connectivity index is 1.79. The number of nitrogens with zero attached hydrogens (tertiary/aromatic N) is 7. The lowest BCUT2D eigenvalue weighted by Crippen LogP contribution is -2.17. The van der Waals surface area contributed by atoms with E-state index < -0.39 is 0 Å². The SMILES string of the molecule is C#CCNc1nc(NCc2cccnc2N(C)C)nc(NCc2cccnc2N(C)C)n1. The molecule has 0 unspecified atom stereocenters. The molecule has 10 nitrogen and oxygen atoms in total. The molecule has 0 bridgehead atoms. The van der Waals surface area contributed by atoms with E-state index in [9.17, 15) is 0 Å². The third-order valence-corrected chi connectivity index (χ3v) is 4.44. The molecule has 0 aliphatic rings. The summed E-state index contributed by atoms with van der Waals surface area (Å²) in [7, 11) is 7.83. The van der Waals surface area contributed by atoms with Crippen LogP contribution < -0.4 is 25.8 Å². The maximum atomic E-state index is 5.37. The van der Waals surface area contributed by atoms with E-state index >= 15 is 0 Å². The third kappa shape index (κ3) is 5.95. The number of hydrogen-bond donors (Lipinski definition) is 3. The molecule has 0 atom stereocenters. The van der Waals surface area contributed by atoms with Crippen LogP contribution in [0, 0.1) is 12.3 Å². The largest absolute Gasteiger partial charge is 0.362 e. The van der Waals surface area contributed by atoms with Crippen molar-refractivity contribution in [3.8, 4) is 12.3 Å². The van der Waals surface area contributed by atoms with Crippen molar-refractivity contribution in [2.45, 2.75) is 13.1 Å². The van der Waals surface area contributed by atoms with Gasteiger partial charge in [-0.2, -0.15) is 15.0 Å². The predicted octanol–water partition coefficient (Wildman–Crippen LogP) is 2.06. The van der Waals surface area contributed by atoms with Crippen LogP contribution in [0.1, 0.15) is 11.1 Å². The minimum atomic E-state index is 0.309. The van der Waals surface area contributed by atoms with Crippen molar-refractivity contribution in [1.82, 2.24) is 24.9 Å². The molecule has 0 aliphatic heterocycles. The zero-order chi connectivity index (χ0) is 22.9. The van der Waals surface area contributed by atoms with Gasteiger partial charge in [0.25, 0.3) is 0 Å². The maximum Gasteiger partial charge on any atom is 0.230 e. The first-order valence-electron chi connectivity index (χ1n) is 10.1. The highest BCUT2D eigenvalue weighted by atomic mass is 15.3. The van der Waals surface area contributed by atoms with E-state index in [1.165, 1.54) is 0 Å². The summed E-state index contributed by atoms with van der Waals surface area (Å²) in [6, 6.07) is 7.83. The number of anilines is 5. The number of nitrogens with one attached hydrogen (secondary N) is 3. The second-order valence-electron chi connectivity index (χ2n) is 7.33. The first-order chi connectivity index (χ1) is 15.5. The molecule has 3 heterocycles. The Morgan fingerprint density at radius 2 is 1.19 bits per heavy atom. The van der Waals surface area contributed by atoms with E-state index in [1.807, 2.05) is 62.3 Å². The Morgan fingerprint density at radius 3 is 1.59 bits per heavy atom. The van der Waals surface area contributed by atoms with Crippen molar-refractivity contribution in [3.63, 3.8) is 0 Å². The molecule has 166 valence electrons. The molecule has 10 heteroatoms. The Hall–Kier alpha value is -4.13. The summed E-state index contributed by atoms with van der Waals surface area (Å²) in [5, 5.41) is 9.53. The molecule has 0 aromatic carbocycles. The summed E-state index contributed by atoms with van der Waals surface area (Å²) < 4.78 is 0. The van der Waals surface area contributed by atoms with Crippen molar-refractivity contribution in [1.29, 1.82) is 0 Å². The Kier molecular flexibility index (Phi) is 7.59. The van der Waals surface area contributed by atoms with Crippen LogP contribution in [0.25, 0.3) is 0 Å². The predicted molar refractivity (Wildman–Crippen MR) is 129 cm³/mol. The van der Waals surface area contributed by atoms with Gasteiger partial charge in [-0.25, -0.2) is 9.97 Å². The van der Waals surface area contributed by atoms with Gasteiger partial charge in [0.05, 0.1) is 6.54 Å². The van der Waals surface area contributed by atoms with Gasteiger partial charge in [0.2, 0.25) is 17.8 Å². The number of pyridine rings is 2. The zero-order valence-electron chi connectivity index (χ0n) is 18.8. The molecular formula is C22H28N10. The van der Waals surface area contributed by atoms with Crippen LogP contribution in [0.3, 0.4) is 0 Å². The van der Waals surface area contributed by atoms with Gasteiger partial charge in [-0.1, -0.05) is 18.1 Å². The van der Waals surface area contributed by atoms with Crippen molar-refractivity contribution >= 4 is 29.5 Å². The van der Waals surface area contributed by atoms with E-state index in [0.717, 1.165) is 22.8 Å². The number of hydrogen-bond acceptors (Lipinski definition) is 10. The van der Waals surface area contributed by atoms with Gasteiger partial charge in [-0.3, -0.25) is 0 Å². The van der Waals surface area contributed by atoms with E-state index in [-0.39, 0.29) is 0 Å². The molecule has 3 aromatic heterocycles. The van der Waals surface area contributed by atoms with E-state index in [0.29, 0.717) is 37.5 Å². The lowest BCUT2D eigenvalue weighted by Gasteiger charge is -2.17. The quantitative estimate of drug-likeness (QED) is 0.412. The second-order valence-corrected chi connectivity index (χ2v) is 7.33. The molecule has 0 fully saturated rings. The van der Waals surface area contributed by atoms with Crippen molar-refractivity contribution in [2.75, 3.05) is 60.5 Å². The molecule has 0 aliphatic carbocycles. The average molecular weight is 433 g/mol. The molecule has 32 heavy (non-hydrogen) atoms. The monoisotopic (exact) mass is 432 g/mol. The van der Waals surface area contributed by atoms with Gasteiger partial charge in [-0.05, 0) is 12.1 Å². The lowest BCUT2D eigenvalue weighted by molar-refractivity contribution is 0.954. The van der Waals surface area contributed by atoms with Gasteiger partial charge in [0.1, 0.15) is 11.6 Å². The van der Waals surface area contributed by atoms with Gasteiger partial charge in [-0.15, -0.1) is 6.42 Å². The second kappa shape index (κ2) is 10.8. The first kappa shape index (κ1) is 22.6. The Bertz CT molecular complexity index is 1000. The fourth-order valence-electron chi connectivity index (χ4n) is 3.03. The molecule has 0 radical (unpaired) electrons. The topological polar surface area (TPSA) is 107 Å². The molecule has 3 aromatic rings. The van der Waals surface area contributed by atoms with Gasteiger partial charge < -0.3 is 25.8 Å². The van der Waals surface area contributed by atoms with Crippen LogP contribution in [0.15, 0.2) is 36.7 Å². The highest BCUT2D eigenvalue weighted by Gasteiger charge is 2.11. The minimum absolute atomic E-state index is 0.309. The highest BCUT2D eigenvalue weighted by Crippen LogP contribution is 2.18. The van der Waals surface area contributed by atoms with E-state index in [1.54, 1.807) is 12.4 Å². The summed E-state index contributed by atoms with van der Waals surface area (Å²) in [4.78, 5) is 26.2. The molecule has 3 N–H and O–H groups in total. The molecule has 0 saturated carbocycles. The van der Waals surface area contributed by atoms with Crippen LogP contribution in [-0.4, -0.2) is 59.7 Å². The number of rotatable bonds is 10. The fourth-order valence-corrected chi connectivity index (χ4v) is 3.03. The molecular weight excluding hydrogens is 404 g/mol. The molecule has 0 amide bonds. The Morgan fingerprint density at radius 1 is 0.750 bits per heavy atom. The van der Waals surface area contributed by atoms with Crippen molar-refractivity contribution in [3.05, 3.63) is 47.8 Å². The lowest BCUT2D eigenvalue weighted by atomic mass is 10.2. The van der Waals surface area contributed by atoms with Crippen molar-refractivity contribution in [2.24, 2.45) is 0 Å². The van der Waals surface area contributed by atoms with E-state index in [2.05, 4.69) is 46.8 Å². The van der Waals surface area contributed by atoms with Crippen LogP contribution in [-0.2, 0) is 13.1 Å². The zero-order valence-corrected chi connectivity index (χ0v) is 18.8. The van der Waals surface area contributed by atoms with Gasteiger partial charge in [0.15, 0.2) is 0 Å². The third-order valence-electron chi connectivity index (χ3n) is 4.44. The standard InChI is InChI=1S/C22H28N10/c1-6-11-25-20-28-21(26-14-16-9-7-12-23-18(16)31(2)3)30-22(29-20)27-15-17-10-8-13-24-19(17)32(4)5/h1,7-10,12-13H,11,14-15H2,2-5H3,(H3,25,26,27,28,29,30). The van der Waals surface area contributed by atoms with Crippen LogP contribution >= 0.6 is 0 Å². The molecule has 0 spiro atoms. The molecule has 3 rings (SSSR count). The van der Waals surface area contributed by atoms with Crippen LogP contribution in [0.5, 0.6) is 0 Å². The Labute approximate surface area is 188 Å². The van der Waals surface area contributed by atoms with Crippen LogP contribution in [0.2, 0.25) is 0 Å². The van der Waals surface area contributed by atoms with Gasteiger partial charge in [0, 0.05) is 64.8 Å². The average Bonchev–Trinajstić information content (AvgIpc) is 2.80. The highest BCUT2D eigenvalue weighted by molar-refractivity contribution is 5.50.